The number of pyridine rings is 1. The smallest absolute Gasteiger partial charge is 0.328 e. The maximum atomic E-state index is 12.7. The van der Waals surface area contributed by atoms with E-state index in [1.165, 1.54) is 6.07 Å². The number of aromatic amines is 1. The Morgan fingerprint density at radius 2 is 2.07 bits per heavy atom. The molecule has 0 bridgehead atoms. The number of fused-ring (bicyclic) bond motifs is 1. The summed E-state index contributed by atoms with van der Waals surface area (Å²) in [5, 5.41) is 3.27. The first-order valence-electron chi connectivity index (χ1n) is 9.76. The first-order valence-corrected chi connectivity index (χ1v) is 9.76. The van der Waals surface area contributed by atoms with Crippen LogP contribution in [0.2, 0.25) is 0 Å². The Bertz CT molecular complexity index is 1230. The molecule has 154 valence electrons. The van der Waals surface area contributed by atoms with Gasteiger partial charge in [0.15, 0.2) is 0 Å². The number of nitrogens with one attached hydrogen (secondary N) is 2. The van der Waals surface area contributed by atoms with E-state index in [4.69, 9.17) is 0 Å². The van der Waals surface area contributed by atoms with E-state index >= 15 is 0 Å². The molecule has 30 heavy (non-hydrogen) atoms. The van der Waals surface area contributed by atoms with E-state index in [1.54, 1.807) is 48.4 Å². The average molecular weight is 407 g/mol. The van der Waals surface area contributed by atoms with Gasteiger partial charge in [-0.1, -0.05) is 6.07 Å². The van der Waals surface area contributed by atoms with Gasteiger partial charge in [0.2, 0.25) is 0 Å². The second-order valence-electron chi connectivity index (χ2n) is 7.17. The number of hydrogen-bond donors (Lipinski definition) is 2. The fraction of sp³-hybridized carbons (Fsp3) is 0.286. The Balaban J connectivity index is 1.48. The van der Waals surface area contributed by atoms with Crippen molar-refractivity contribution >= 4 is 22.7 Å². The summed E-state index contributed by atoms with van der Waals surface area (Å²) in [7, 11) is 0. The fourth-order valence-corrected chi connectivity index (χ4v) is 3.67. The summed E-state index contributed by atoms with van der Waals surface area (Å²) in [6.45, 7) is 2.91. The molecule has 1 aliphatic rings. The molecule has 9 nitrogen and oxygen atoms in total. The van der Waals surface area contributed by atoms with E-state index in [0.29, 0.717) is 41.7 Å². The van der Waals surface area contributed by atoms with Crippen LogP contribution in [0.25, 0.3) is 10.9 Å². The molecule has 1 aliphatic heterocycles. The summed E-state index contributed by atoms with van der Waals surface area (Å²) in [6, 6.07) is 9.58. The average Bonchev–Trinajstić information content (AvgIpc) is 3.22. The quantitative estimate of drug-likeness (QED) is 0.662. The molecule has 0 spiro atoms. The highest BCUT2D eigenvalue weighted by Gasteiger charge is 2.28. The zero-order chi connectivity index (χ0) is 21.3. The van der Waals surface area contributed by atoms with Gasteiger partial charge in [0.1, 0.15) is 5.69 Å². The summed E-state index contributed by atoms with van der Waals surface area (Å²) in [5.41, 5.74) is 0.137. The van der Waals surface area contributed by atoms with Gasteiger partial charge in [0.05, 0.1) is 10.9 Å². The lowest BCUT2D eigenvalue weighted by Gasteiger charge is -2.17. The maximum Gasteiger partial charge on any atom is 0.328 e. The maximum absolute atomic E-state index is 12.7. The van der Waals surface area contributed by atoms with Crippen molar-refractivity contribution in [3.05, 3.63) is 74.7 Å². The Morgan fingerprint density at radius 1 is 1.23 bits per heavy atom. The zero-order valence-electron chi connectivity index (χ0n) is 16.4. The van der Waals surface area contributed by atoms with Crippen LogP contribution < -0.4 is 16.6 Å². The van der Waals surface area contributed by atoms with Crippen molar-refractivity contribution in [2.24, 2.45) is 0 Å². The summed E-state index contributed by atoms with van der Waals surface area (Å²) in [5.74, 6) is -0.489. The molecule has 1 aromatic carbocycles. The van der Waals surface area contributed by atoms with Gasteiger partial charge in [0.25, 0.3) is 17.4 Å². The summed E-state index contributed by atoms with van der Waals surface area (Å²) in [6.07, 6.45) is 2.21. The Labute approximate surface area is 171 Å². The largest absolute Gasteiger partial charge is 0.347 e. The lowest BCUT2D eigenvalue weighted by Crippen LogP contribution is -2.38. The molecule has 3 heterocycles. The molecule has 1 saturated heterocycles. The van der Waals surface area contributed by atoms with Gasteiger partial charge in [0, 0.05) is 37.4 Å². The van der Waals surface area contributed by atoms with Gasteiger partial charge in [-0.15, -0.1) is 0 Å². The van der Waals surface area contributed by atoms with Crippen LogP contribution >= 0.6 is 0 Å². The standard InChI is InChI=1S/C21H21N5O4/c1-2-26-19(28)15-7-6-13(11-17(15)24-21(26)30)18(27)23-14-8-10-25(12-14)20(29)16-5-3-4-9-22-16/h3-7,9,11,14H,2,8,10,12H2,1H3,(H,23,27)(H,24,30). The molecular formula is C21H21N5O4. The van der Waals surface area contributed by atoms with Crippen molar-refractivity contribution < 1.29 is 9.59 Å². The molecule has 1 unspecified atom stereocenters. The van der Waals surface area contributed by atoms with Crippen molar-refractivity contribution in [1.82, 2.24) is 24.8 Å². The number of carbonyl (C=O) groups is 2. The lowest BCUT2D eigenvalue weighted by molar-refractivity contribution is 0.0777. The molecule has 3 aromatic rings. The normalized spacial score (nSPS) is 16.0. The molecule has 9 heteroatoms. The third-order valence-corrected chi connectivity index (χ3v) is 5.25. The molecule has 1 atom stereocenters. The second kappa shape index (κ2) is 7.94. The highest BCUT2D eigenvalue weighted by molar-refractivity contribution is 5.98. The highest BCUT2D eigenvalue weighted by atomic mass is 16.2. The van der Waals surface area contributed by atoms with Crippen LogP contribution in [0.1, 0.15) is 34.2 Å². The molecule has 0 saturated carbocycles. The number of nitrogens with zero attached hydrogens (tertiary/aromatic N) is 3. The van der Waals surface area contributed by atoms with E-state index in [-0.39, 0.29) is 30.0 Å². The van der Waals surface area contributed by atoms with Gasteiger partial charge >= 0.3 is 5.69 Å². The number of amides is 2. The van der Waals surface area contributed by atoms with E-state index < -0.39 is 5.69 Å². The molecule has 2 amide bonds. The Morgan fingerprint density at radius 3 is 2.80 bits per heavy atom. The number of H-pyrrole nitrogens is 1. The van der Waals surface area contributed by atoms with E-state index in [1.807, 2.05) is 0 Å². The van der Waals surface area contributed by atoms with Gasteiger partial charge < -0.3 is 15.2 Å². The van der Waals surface area contributed by atoms with Crippen LogP contribution in [0.15, 0.2) is 52.2 Å². The third-order valence-electron chi connectivity index (χ3n) is 5.25. The number of carbonyl (C=O) groups excluding carboxylic acids is 2. The van der Waals surface area contributed by atoms with Crippen molar-refractivity contribution in [2.75, 3.05) is 13.1 Å². The van der Waals surface area contributed by atoms with Crippen LogP contribution in [0.4, 0.5) is 0 Å². The number of likely N-dealkylation sites (tertiary alicyclic amines) is 1. The first kappa shape index (κ1) is 19.6. The van der Waals surface area contributed by atoms with Crippen molar-refractivity contribution in [3.8, 4) is 0 Å². The van der Waals surface area contributed by atoms with Crippen LogP contribution in [0, 0.1) is 0 Å². The minimum atomic E-state index is -0.507. The highest BCUT2D eigenvalue weighted by Crippen LogP contribution is 2.14. The monoisotopic (exact) mass is 407 g/mol. The fourth-order valence-electron chi connectivity index (χ4n) is 3.67. The van der Waals surface area contributed by atoms with Gasteiger partial charge in [-0.2, -0.15) is 0 Å². The predicted molar refractivity (Wildman–Crippen MR) is 111 cm³/mol. The van der Waals surface area contributed by atoms with Crippen molar-refractivity contribution in [2.45, 2.75) is 25.9 Å². The van der Waals surface area contributed by atoms with Crippen molar-refractivity contribution in [1.29, 1.82) is 0 Å². The number of rotatable bonds is 4. The van der Waals surface area contributed by atoms with Gasteiger partial charge in [-0.25, -0.2) is 4.79 Å². The van der Waals surface area contributed by atoms with Crippen LogP contribution in [0.3, 0.4) is 0 Å². The summed E-state index contributed by atoms with van der Waals surface area (Å²) >= 11 is 0. The van der Waals surface area contributed by atoms with Crippen LogP contribution in [0.5, 0.6) is 0 Å². The number of benzene rings is 1. The first-order chi connectivity index (χ1) is 14.5. The van der Waals surface area contributed by atoms with Crippen LogP contribution in [-0.2, 0) is 6.54 Å². The molecular weight excluding hydrogens is 386 g/mol. The van der Waals surface area contributed by atoms with E-state index in [9.17, 15) is 19.2 Å². The predicted octanol–water partition coefficient (Wildman–Crippen LogP) is 0.749. The van der Waals surface area contributed by atoms with E-state index in [2.05, 4.69) is 15.3 Å². The molecule has 0 radical (unpaired) electrons. The van der Waals surface area contributed by atoms with Gasteiger partial charge in [-0.3, -0.25) is 23.9 Å². The molecule has 0 aliphatic carbocycles. The zero-order valence-corrected chi connectivity index (χ0v) is 16.4. The SMILES string of the molecule is CCn1c(=O)[nH]c2cc(C(=O)NC3CCN(C(=O)c4ccccn4)C3)ccc2c1=O. The Kier molecular flexibility index (Phi) is 5.18. The third kappa shape index (κ3) is 3.61. The number of hydrogen-bond acceptors (Lipinski definition) is 5. The molecule has 1 fully saturated rings. The topological polar surface area (TPSA) is 117 Å². The second-order valence-corrected chi connectivity index (χ2v) is 7.17. The van der Waals surface area contributed by atoms with Gasteiger partial charge in [-0.05, 0) is 43.7 Å². The summed E-state index contributed by atoms with van der Waals surface area (Å²) in [4.78, 5) is 57.9. The lowest BCUT2D eigenvalue weighted by atomic mass is 10.1. The molecule has 4 rings (SSSR count). The summed E-state index contributed by atoms with van der Waals surface area (Å²) < 4.78 is 1.10. The van der Waals surface area contributed by atoms with Crippen LogP contribution in [-0.4, -0.2) is 50.4 Å². The molecule has 2 aromatic heterocycles. The number of aromatic nitrogens is 3. The van der Waals surface area contributed by atoms with Crippen molar-refractivity contribution in [3.63, 3.8) is 0 Å². The Hall–Kier alpha value is -3.75. The van der Waals surface area contributed by atoms with E-state index in [0.717, 1.165) is 4.57 Å². The molecule has 2 N–H and O–H groups in total. The minimum absolute atomic E-state index is 0.164. The minimum Gasteiger partial charge on any atom is -0.347 e.